The van der Waals surface area contributed by atoms with Gasteiger partial charge in [-0.1, -0.05) is 12.1 Å². The van der Waals surface area contributed by atoms with Crippen molar-refractivity contribution in [2.24, 2.45) is 5.92 Å². The number of piperidine rings is 1. The molecule has 2 aliphatic heterocycles. The SMILES string of the molecule is O=C1C[C@H](NCC2CCN(Cc3ccc(F)cc3)CC2)C(=O)N1c1ccc(F)cc1. The number of anilines is 1. The highest BCUT2D eigenvalue weighted by molar-refractivity contribution is 6.22. The fraction of sp³-hybridized carbons (Fsp3) is 0.391. The summed E-state index contributed by atoms with van der Waals surface area (Å²) in [5.74, 6) is -0.726. The van der Waals surface area contributed by atoms with E-state index in [9.17, 15) is 18.4 Å². The van der Waals surface area contributed by atoms with Gasteiger partial charge in [0.1, 0.15) is 11.6 Å². The van der Waals surface area contributed by atoms with Crippen LogP contribution in [0.2, 0.25) is 0 Å². The van der Waals surface area contributed by atoms with E-state index in [1.165, 1.54) is 36.4 Å². The molecule has 1 atom stereocenters. The summed E-state index contributed by atoms with van der Waals surface area (Å²) in [6, 6.07) is 11.5. The van der Waals surface area contributed by atoms with Gasteiger partial charge in [-0.2, -0.15) is 0 Å². The van der Waals surface area contributed by atoms with Crippen LogP contribution in [-0.4, -0.2) is 42.4 Å². The molecule has 5 nitrogen and oxygen atoms in total. The van der Waals surface area contributed by atoms with Crippen molar-refractivity contribution in [2.75, 3.05) is 24.5 Å². The Hall–Kier alpha value is -2.64. The summed E-state index contributed by atoms with van der Waals surface area (Å²) in [6.45, 7) is 3.39. The second kappa shape index (κ2) is 9.02. The fourth-order valence-electron chi connectivity index (χ4n) is 4.16. The van der Waals surface area contributed by atoms with Gasteiger partial charge in [-0.15, -0.1) is 0 Å². The predicted octanol–water partition coefficient (Wildman–Crippen LogP) is 3.10. The molecule has 2 aromatic rings. The van der Waals surface area contributed by atoms with Gasteiger partial charge in [-0.25, -0.2) is 13.7 Å². The van der Waals surface area contributed by atoms with Crippen LogP contribution in [0.1, 0.15) is 24.8 Å². The Kier molecular flexibility index (Phi) is 6.20. The lowest BCUT2D eigenvalue weighted by Crippen LogP contribution is -2.43. The van der Waals surface area contributed by atoms with Crippen molar-refractivity contribution in [1.82, 2.24) is 10.2 Å². The molecule has 2 amide bonds. The topological polar surface area (TPSA) is 52.7 Å². The molecule has 0 aliphatic carbocycles. The van der Waals surface area contributed by atoms with Gasteiger partial charge < -0.3 is 5.32 Å². The van der Waals surface area contributed by atoms with Crippen molar-refractivity contribution in [1.29, 1.82) is 0 Å². The first kappa shape index (κ1) is 20.6. The molecule has 2 aromatic carbocycles. The molecule has 1 N–H and O–H groups in total. The van der Waals surface area contributed by atoms with Crippen molar-refractivity contribution >= 4 is 17.5 Å². The third-order valence-electron chi connectivity index (χ3n) is 5.91. The fourth-order valence-corrected chi connectivity index (χ4v) is 4.16. The van der Waals surface area contributed by atoms with Crippen LogP contribution in [0.5, 0.6) is 0 Å². The van der Waals surface area contributed by atoms with Crippen LogP contribution in [0.15, 0.2) is 48.5 Å². The number of benzene rings is 2. The van der Waals surface area contributed by atoms with Gasteiger partial charge in [0.2, 0.25) is 5.91 Å². The number of imide groups is 1. The number of hydrogen-bond donors (Lipinski definition) is 1. The smallest absolute Gasteiger partial charge is 0.251 e. The Bertz CT molecular complexity index is 894. The van der Waals surface area contributed by atoms with Crippen molar-refractivity contribution in [3.8, 4) is 0 Å². The molecule has 2 heterocycles. The first-order valence-corrected chi connectivity index (χ1v) is 10.3. The van der Waals surface area contributed by atoms with E-state index < -0.39 is 11.9 Å². The van der Waals surface area contributed by atoms with Crippen LogP contribution in [-0.2, 0) is 16.1 Å². The van der Waals surface area contributed by atoms with Crippen molar-refractivity contribution in [3.63, 3.8) is 0 Å². The zero-order valence-electron chi connectivity index (χ0n) is 16.7. The van der Waals surface area contributed by atoms with E-state index in [-0.39, 0.29) is 24.1 Å². The molecule has 0 spiro atoms. The number of amides is 2. The van der Waals surface area contributed by atoms with E-state index in [4.69, 9.17) is 0 Å². The molecular weight excluding hydrogens is 388 g/mol. The van der Waals surface area contributed by atoms with E-state index in [1.54, 1.807) is 0 Å². The maximum Gasteiger partial charge on any atom is 0.251 e. The molecular formula is C23H25F2N3O2. The van der Waals surface area contributed by atoms with Crippen LogP contribution in [0.3, 0.4) is 0 Å². The van der Waals surface area contributed by atoms with E-state index >= 15 is 0 Å². The average Bonchev–Trinajstić information content (AvgIpc) is 3.03. The van der Waals surface area contributed by atoms with Crippen molar-refractivity contribution < 1.29 is 18.4 Å². The molecule has 0 saturated carbocycles. The van der Waals surface area contributed by atoms with Crippen molar-refractivity contribution in [3.05, 3.63) is 65.7 Å². The highest BCUT2D eigenvalue weighted by atomic mass is 19.1. The summed E-state index contributed by atoms with van der Waals surface area (Å²) in [5.41, 5.74) is 1.51. The van der Waals surface area contributed by atoms with Gasteiger partial charge in [0, 0.05) is 6.54 Å². The number of rotatable bonds is 6. The number of hydrogen-bond acceptors (Lipinski definition) is 4. The van der Waals surface area contributed by atoms with Crippen molar-refractivity contribution in [2.45, 2.75) is 31.8 Å². The van der Waals surface area contributed by atoms with E-state index in [2.05, 4.69) is 10.2 Å². The summed E-state index contributed by atoms with van der Waals surface area (Å²) in [4.78, 5) is 28.5. The quantitative estimate of drug-likeness (QED) is 0.740. The number of likely N-dealkylation sites (tertiary alicyclic amines) is 1. The number of carbonyl (C=O) groups is 2. The molecule has 2 fully saturated rings. The van der Waals surface area contributed by atoms with Gasteiger partial charge >= 0.3 is 0 Å². The van der Waals surface area contributed by atoms with Gasteiger partial charge in [0.15, 0.2) is 0 Å². The lowest BCUT2D eigenvalue weighted by Gasteiger charge is -2.32. The van der Waals surface area contributed by atoms with Gasteiger partial charge in [-0.3, -0.25) is 14.5 Å². The summed E-state index contributed by atoms with van der Waals surface area (Å²) < 4.78 is 26.2. The average molecular weight is 413 g/mol. The minimum Gasteiger partial charge on any atom is -0.305 e. The molecule has 2 aliphatic rings. The largest absolute Gasteiger partial charge is 0.305 e. The molecule has 0 bridgehead atoms. The molecule has 158 valence electrons. The molecule has 7 heteroatoms. The summed E-state index contributed by atoms with van der Waals surface area (Å²) >= 11 is 0. The highest BCUT2D eigenvalue weighted by Crippen LogP contribution is 2.24. The molecule has 0 radical (unpaired) electrons. The highest BCUT2D eigenvalue weighted by Gasteiger charge is 2.39. The lowest BCUT2D eigenvalue weighted by molar-refractivity contribution is -0.121. The zero-order valence-corrected chi connectivity index (χ0v) is 16.7. The second-order valence-electron chi connectivity index (χ2n) is 8.05. The third kappa shape index (κ3) is 4.74. The molecule has 0 unspecified atom stereocenters. The Morgan fingerprint density at radius 2 is 1.50 bits per heavy atom. The number of halogens is 2. The number of nitrogens with one attached hydrogen (secondary N) is 1. The Morgan fingerprint density at radius 3 is 2.13 bits per heavy atom. The second-order valence-corrected chi connectivity index (χ2v) is 8.05. The van der Waals surface area contributed by atoms with E-state index in [1.807, 2.05) is 12.1 Å². The molecule has 2 saturated heterocycles. The lowest BCUT2D eigenvalue weighted by atomic mass is 9.96. The van der Waals surface area contributed by atoms with Gasteiger partial charge in [0.25, 0.3) is 5.91 Å². The first-order valence-electron chi connectivity index (χ1n) is 10.3. The minimum absolute atomic E-state index is 0.125. The van der Waals surface area contributed by atoms with Gasteiger partial charge in [-0.05, 0) is 80.4 Å². The summed E-state index contributed by atoms with van der Waals surface area (Å²) in [5, 5.41) is 3.27. The Morgan fingerprint density at radius 1 is 0.900 bits per heavy atom. The zero-order chi connectivity index (χ0) is 21.1. The normalized spacial score (nSPS) is 20.9. The van der Waals surface area contributed by atoms with Crippen LogP contribution >= 0.6 is 0 Å². The monoisotopic (exact) mass is 413 g/mol. The number of nitrogens with zero attached hydrogens (tertiary/aromatic N) is 2. The van der Waals surface area contributed by atoms with Crippen LogP contribution in [0.25, 0.3) is 0 Å². The first-order chi connectivity index (χ1) is 14.5. The summed E-state index contributed by atoms with van der Waals surface area (Å²) in [6.07, 6.45) is 2.13. The van der Waals surface area contributed by atoms with E-state index in [0.717, 1.165) is 42.9 Å². The van der Waals surface area contributed by atoms with Crippen LogP contribution in [0.4, 0.5) is 14.5 Å². The van der Waals surface area contributed by atoms with Gasteiger partial charge in [0.05, 0.1) is 18.2 Å². The predicted molar refractivity (Wildman–Crippen MR) is 110 cm³/mol. The Labute approximate surface area is 174 Å². The van der Waals surface area contributed by atoms with Crippen LogP contribution in [0, 0.1) is 17.6 Å². The Balaban J connectivity index is 1.24. The van der Waals surface area contributed by atoms with Crippen LogP contribution < -0.4 is 10.2 Å². The maximum atomic E-state index is 13.1. The molecule has 4 rings (SSSR count). The van der Waals surface area contributed by atoms with E-state index in [0.29, 0.717) is 18.2 Å². The number of carbonyl (C=O) groups excluding carboxylic acids is 2. The molecule has 30 heavy (non-hydrogen) atoms. The molecule has 0 aromatic heterocycles. The minimum atomic E-state index is -0.528. The summed E-state index contributed by atoms with van der Waals surface area (Å²) in [7, 11) is 0. The maximum absolute atomic E-state index is 13.1. The third-order valence-corrected chi connectivity index (χ3v) is 5.91. The standard InChI is InChI=1S/C23H25F2N3O2/c24-18-3-1-17(2-4-18)15-27-11-9-16(10-12-27)14-26-21-13-22(29)28(23(21)30)20-7-5-19(25)6-8-20/h1-8,16,21,26H,9-15H2/t21-/m0/s1.